The first-order valence-electron chi connectivity index (χ1n) is 9.47. The molecule has 2 fully saturated rings. The molecule has 27 heavy (non-hydrogen) atoms. The van der Waals surface area contributed by atoms with E-state index < -0.39 is 10.8 Å². The van der Waals surface area contributed by atoms with Crippen molar-refractivity contribution in [3.63, 3.8) is 0 Å². The van der Waals surface area contributed by atoms with Gasteiger partial charge in [-0.25, -0.2) is 4.98 Å². The van der Waals surface area contributed by atoms with E-state index in [-0.39, 0.29) is 5.41 Å². The van der Waals surface area contributed by atoms with Crippen molar-refractivity contribution in [3.8, 4) is 10.4 Å². The van der Waals surface area contributed by atoms with Crippen LogP contribution in [0.4, 0.5) is 5.69 Å². The van der Waals surface area contributed by atoms with Crippen LogP contribution in [0.5, 0.6) is 0 Å². The molecule has 1 aliphatic heterocycles. The highest BCUT2D eigenvalue weighted by Crippen LogP contribution is 2.55. The van der Waals surface area contributed by atoms with Crippen LogP contribution in [0.3, 0.4) is 0 Å². The number of hydrogen-bond acceptors (Lipinski definition) is 4. The lowest BCUT2D eigenvalue weighted by atomic mass is 9.97. The van der Waals surface area contributed by atoms with Crippen molar-refractivity contribution < 1.29 is 4.21 Å². The Morgan fingerprint density at radius 1 is 0.963 bits per heavy atom. The minimum atomic E-state index is -0.633. The number of hydrogen-bond donors (Lipinski definition) is 0. The molecule has 2 aliphatic rings. The molecule has 1 saturated carbocycles. The third-order valence-electron chi connectivity index (χ3n) is 5.69. The third-order valence-corrected chi connectivity index (χ3v) is 8.21. The van der Waals surface area contributed by atoms with Crippen LogP contribution in [0, 0.1) is 0 Å². The first-order valence-corrected chi connectivity index (χ1v) is 11.8. The molecular weight excluding hydrogens is 372 g/mol. The van der Waals surface area contributed by atoms with Crippen LogP contribution in [0.25, 0.3) is 10.4 Å². The average Bonchev–Trinajstić information content (AvgIpc) is 3.39. The van der Waals surface area contributed by atoms with Gasteiger partial charge in [0.15, 0.2) is 0 Å². The van der Waals surface area contributed by atoms with Gasteiger partial charge in [0.25, 0.3) is 0 Å². The van der Waals surface area contributed by atoms with E-state index in [2.05, 4.69) is 59.5 Å². The zero-order valence-corrected chi connectivity index (χ0v) is 16.8. The average molecular weight is 395 g/mol. The quantitative estimate of drug-likeness (QED) is 0.655. The monoisotopic (exact) mass is 394 g/mol. The Morgan fingerprint density at radius 3 is 2.33 bits per heavy atom. The largest absolute Gasteiger partial charge is 0.370 e. The predicted molar refractivity (Wildman–Crippen MR) is 114 cm³/mol. The molecule has 5 heteroatoms. The Balaban J connectivity index is 1.37. The lowest BCUT2D eigenvalue weighted by molar-refractivity contribution is 0.673. The summed E-state index contributed by atoms with van der Waals surface area (Å²) in [7, 11) is -0.633. The minimum Gasteiger partial charge on any atom is -0.370 e. The first-order chi connectivity index (χ1) is 13.2. The Kier molecular flexibility index (Phi) is 4.37. The summed E-state index contributed by atoms with van der Waals surface area (Å²) < 4.78 is 11.5. The van der Waals surface area contributed by atoms with Gasteiger partial charge in [-0.05, 0) is 36.1 Å². The second kappa shape index (κ2) is 6.88. The second-order valence-corrected chi connectivity index (χ2v) is 10.1. The number of anilines is 1. The highest BCUT2D eigenvalue weighted by Gasteiger charge is 2.48. The number of aromatic nitrogens is 1. The van der Waals surface area contributed by atoms with Gasteiger partial charge in [-0.15, -0.1) is 11.3 Å². The maximum absolute atomic E-state index is 11.5. The molecule has 2 heterocycles. The Labute approximate surface area is 166 Å². The van der Waals surface area contributed by atoms with Crippen LogP contribution in [0.15, 0.2) is 60.8 Å². The fourth-order valence-electron chi connectivity index (χ4n) is 3.87. The maximum atomic E-state index is 11.5. The predicted octanol–water partition coefficient (Wildman–Crippen LogP) is 4.46. The summed E-state index contributed by atoms with van der Waals surface area (Å²) in [5.74, 6) is 1.56. The number of nitrogens with zero attached hydrogens (tertiary/aromatic N) is 2. The standard InChI is InChI=1S/C22H22N2OS2/c25-27-14-12-24(13-15-27)19-8-6-17(7-9-19)20-16-23-21(26-20)22(10-11-22)18-4-2-1-3-5-18/h1-9,16H,10-15H2. The topological polar surface area (TPSA) is 33.2 Å². The van der Waals surface area contributed by atoms with Crippen molar-refractivity contribution >= 4 is 27.8 Å². The second-order valence-electron chi connectivity index (χ2n) is 7.36. The fourth-order valence-corrected chi connectivity index (χ4v) is 6.11. The highest BCUT2D eigenvalue weighted by atomic mass is 32.2. The Bertz CT molecular complexity index is 951. The van der Waals surface area contributed by atoms with E-state index in [0.29, 0.717) is 0 Å². The van der Waals surface area contributed by atoms with Crippen LogP contribution >= 0.6 is 11.3 Å². The Hall–Kier alpha value is -1.98. The van der Waals surface area contributed by atoms with Gasteiger partial charge in [-0.3, -0.25) is 4.21 Å². The van der Waals surface area contributed by atoms with Crippen LogP contribution in [-0.2, 0) is 16.2 Å². The molecule has 0 atom stereocenters. The van der Waals surface area contributed by atoms with Crippen molar-refractivity contribution in [1.29, 1.82) is 0 Å². The molecule has 1 aliphatic carbocycles. The van der Waals surface area contributed by atoms with Crippen LogP contribution < -0.4 is 4.90 Å². The summed E-state index contributed by atoms with van der Waals surface area (Å²) in [6, 6.07) is 19.6. The molecule has 0 amide bonds. The maximum Gasteiger partial charge on any atom is 0.104 e. The number of rotatable bonds is 4. The molecule has 2 aromatic carbocycles. The van der Waals surface area contributed by atoms with Crippen LogP contribution in [0.2, 0.25) is 0 Å². The molecular formula is C22H22N2OS2. The van der Waals surface area contributed by atoms with E-state index >= 15 is 0 Å². The Morgan fingerprint density at radius 2 is 1.67 bits per heavy atom. The molecule has 3 nitrogen and oxygen atoms in total. The molecule has 138 valence electrons. The van der Waals surface area contributed by atoms with Gasteiger partial charge in [0, 0.05) is 52.7 Å². The highest BCUT2D eigenvalue weighted by molar-refractivity contribution is 7.85. The minimum absolute atomic E-state index is 0.146. The molecule has 1 saturated heterocycles. The van der Waals surface area contributed by atoms with E-state index in [1.165, 1.54) is 39.5 Å². The molecule has 1 aromatic heterocycles. The lowest BCUT2D eigenvalue weighted by Gasteiger charge is -2.28. The van der Waals surface area contributed by atoms with Crippen LogP contribution in [0.1, 0.15) is 23.4 Å². The van der Waals surface area contributed by atoms with E-state index in [0.717, 1.165) is 24.6 Å². The summed E-state index contributed by atoms with van der Waals surface area (Å²) in [4.78, 5) is 8.36. The fraction of sp³-hybridized carbons (Fsp3) is 0.318. The van der Waals surface area contributed by atoms with E-state index in [4.69, 9.17) is 4.98 Å². The summed E-state index contributed by atoms with van der Waals surface area (Å²) in [5.41, 5.74) is 3.99. The van der Waals surface area contributed by atoms with Gasteiger partial charge in [0.2, 0.25) is 0 Å². The van der Waals surface area contributed by atoms with E-state index in [1.807, 2.05) is 17.5 Å². The van der Waals surface area contributed by atoms with E-state index in [9.17, 15) is 4.21 Å². The zero-order valence-electron chi connectivity index (χ0n) is 15.1. The van der Waals surface area contributed by atoms with Gasteiger partial charge in [0.05, 0.1) is 4.88 Å². The number of benzene rings is 2. The summed E-state index contributed by atoms with van der Waals surface area (Å²) in [5, 5.41) is 1.24. The molecule has 0 bridgehead atoms. The normalized spacial score (nSPS) is 19.2. The summed E-state index contributed by atoms with van der Waals surface area (Å²) in [6.45, 7) is 1.77. The van der Waals surface area contributed by atoms with Gasteiger partial charge in [-0.2, -0.15) is 0 Å². The number of thiazole rings is 1. The third kappa shape index (κ3) is 3.23. The smallest absolute Gasteiger partial charge is 0.104 e. The van der Waals surface area contributed by atoms with Crippen molar-refractivity contribution in [2.24, 2.45) is 0 Å². The van der Waals surface area contributed by atoms with Crippen molar-refractivity contribution in [1.82, 2.24) is 4.98 Å². The molecule has 0 N–H and O–H groups in total. The molecule has 3 aromatic rings. The van der Waals surface area contributed by atoms with Crippen molar-refractivity contribution in [2.45, 2.75) is 18.3 Å². The van der Waals surface area contributed by atoms with E-state index in [1.54, 1.807) is 0 Å². The zero-order chi connectivity index (χ0) is 18.3. The van der Waals surface area contributed by atoms with Crippen molar-refractivity contribution in [3.05, 3.63) is 71.4 Å². The summed E-state index contributed by atoms with van der Waals surface area (Å²) >= 11 is 1.83. The van der Waals surface area contributed by atoms with Gasteiger partial charge in [-0.1, -0.05) is 42.5 Å². The first kappa shape index (κ1) is 17.1. The molecule has 0 spiro atoms. The van der Waals surface area contributed by atoms with Gasteiger partial charge >= 0.3 is 0 Å². The van der Waals surface area contributed by atoms with Crippen LogP contribution in [-0.4, -0.2) is 33.8 Å². The molecule has 0 radical (unpaired) electrons. The lowest BCUT2D eigenvalue weighted by Crippen LogP contribution is -2.37. The molecule has 0 unspecified atom stereocenters. The van der Waals surface area contributed by atoms with Crippen molar-refractivity contribution in [2.75, 3.05) is 29.5 Å². The van der Waals surface area contributed by atoms with Gasteiger partial charge in [0.1, 0.15) is 5.01 Å². The summed E-state index contributed by atoms with van der Waals surface area (Å²) in [6.07, 6.45) is 4.42. The SMILES string of the molecule is O=S1CCN(c2ccc(-c3cnc(C4(c5ccccc5)CC4)s3)cc2)CC1. The molecule has 5 rings (SSSR count). The van der Waals surface area contributed by atoms with Gasteiger partial charge < -0.3 is 4.90 Å².